The number of carbonyl (C=O) groups is 1. The number of likely N-dealkylation sites (tertiary alicyclic amines) is 1. The molecule has 0 N–H and O–H groups in total. The second kappa shape index (κ2) is 3.74. The summed E-state index contributed by atoms with van der Waals surface area (Å²) in [6.45, 7) is 0.923. The SMILES string of the molecule is O=C(c1ccc(Cl)nc1)N1CC2CCC1C2. The van der Waals surface area contributed by atoms with Gasteiger partial charge in [0.25, 0.3) is 5.91 Å². The molecule has 1 saturated heterocycles. The predicted molar refractivity (Wildman–Crippen MR) is 61.4 cm³/mol. The Morgan fingerprint density at radius 1 is 1.44 bits per heavy atom. The molecule has 1 aliphatic heterocycles. The minimum atomic E-state index is 0.108. The summed E-state index contributed by atoms with van der Waals surface area (Å²) in [5, 5.41) is 0.430. The molecule has 2 bridgehead atoms. The van der Waals surface area contributed by atoms with E-state index >= 15 is 0 Å². The molecule has 3 nitrogen and oxygen atoms in total. The number of piperidine rings is 1. The summed E-state index contributed by atoms with van der Waals surface area (Å²) in [5.41, 5.74) is 0.650. The van der Waals surface area contributed by atoms with Crippen LogP contribution in [0.15, 0.2) is 18.3 Å². The van der Waals surface area contributed by atoms with E-state index in [4.69, 9.17) is 11.6 Å². The average molecular weight is 237 g/mol. The first kappa shape index (κ1) is 10.1. The van der Waals surface area contributed by atoms with Gasteiger partial charge in [-0.25, -0.2) is 4.98 Å². The van der Waals surface area contributed by atoms with Crippen molar-refractivity contribution < 1.29 is 4.79 Å². The van der Waals surface area contributed by atoms with E-state index in [0.717, 1.165) is 18.9 Å². The van der Waals surface area contributed by atoms with Crippen molar-refractivity contribution in [2.45, 2.75) is 25.3 Å². The Hall–Kier alpha value is -1.09. The quantitative estimate of drug-likeness (QED) is 0.702. The molecular weight excluding hydrogens is 224 g/mol. The smallest absolute Gasteiger partial charge is 0.255 e. The van der Waals surface area contributed by atoms with Gasteiger partial charge in [-0.1, -0.05) is 11.6 Å². The van der Waals surface area contributed by atoms with Crippen LogP contribution in [0, 0.1) is 5.92 Å². The lowest BCUT2D eigenvalue weighted by Crippen LogP contribution is -2.37. The van der Waals surface area contributed by atoms with Gasteiger partial charge in [0.15, 0.2) is 0 Å². The minimum absolute atomic E-state index is 0.108. The fourth-order valence-corrected chi connectivity index (χ4v) is 2.95. The molecule has 1 aromatic rings. The number of hydrogen-bond donors (Lipinski definition) is 0. The van der Waals surface area contributed by atoms with Gasteiger partial charge in [0.05, 0.1) is 5.56 Å². The summed E-state index contributed by atoms with van der Waals surface area (Å²) >= 11 is 5.70. The lowest BCUT2D eigenvalue weighted by atomic mass is 10.1. The first-order valence-electron chi connectivity index (χ1n) is 5.66. The lowest BCUT2D eigenvalue weighted by molar-refractivity contribution is 0.0703. The predicted octanol–water partition coefficient (Wildman–Crippen LogP) is 2.36. The molecule has 2 atom stereocenters. The minimum Gasteiger partial charge on any atom is -0.335 e. The standard InChI is InChI=1S/C12H13ClN2O/c13-11-4-2-9(6-14-11)12(16)15-7-8-1-3-10(15)5-8/h2,4,6,8,10H,1,3,5,7H2. The van der Waals surface area contributed by atoms with Crippen LogP contribution in [-0.4, -0.2) is 28.4 Å². The number of rotatable bonds is 1. The lowest BCUT2D eigenvalue weighted by Gasteiger charge is -2.26. The Labute approximate surface area is 99.4 Å². The zero-order chi connectivity index (χ0) is 11.1. The van der Waals surface area contributed by atoms with Gasteiger partial charge in [0.1, 0.15) is 5.15 Å². The monoisotopic (exact) mass is 236 g/mol. The van der Waals surface area contributed by atoms with Crippen LogP contribution in [0.1, 0.15) is 29.6 Å². The highest BCUT2D eigenvalue weighted by molar-refractivity contribution is 6.29. The van der Waals surface area contributed by atoms with Gasteiger partial charge in [-0.15, -0.1) is 0 Å². The molecule has 16 heavy (non-hydrogen) atoms. The molecule has 0 spiro atoms. The largest absolute Gasteiger partial charge is 0.335 e. The molecule has 0 aromatic carbocycles. The van der Waals surface area contributed by atoms with Crippen LogP contribution in [0.2, 0.25) is 5.15 Å². The van der Waals surface area contributed by atoms with Crippen molar-refractivity contribution in [2.75, 3.05) is 6.54 Å². The first-order chi connectivity index (χ1) is 7.74. The number of aromatic nitrogens is 1. The van der Waals surface area contributed by atoms with Gasteiger partial charge < -0.3 is 4.90 Å². The Balaban J connectivity index is 1.80. The number of halogens is 1. The van der Waals surface area contributed by atoms with Gasteiger partial charge in [-0.3, -0.25) is 4.79 Å². The number of pyridine rings is 1. The van der Waals surface area contributed by atoms with Crippen LogP contribution in [0.4, 0.5) is 0 Å². The van der Waals surface area contributed by atoms with E-state index in [1.165, 1.54) is 12.8 Å². The molecule has 1 amide bonds. The molecule has 4 heteroatoms. The van der Waals surface area contributed by atoms with Gasteiger partial charge in [-0.2, -0.15) is 0 Å². The number of hydrogen-bond acceptors (Lipinski definition) is 2. The molecule has 1 aromatic heterocycles. The zero-order valence-electron chi connectivity index (χ0n) is 8.90. The summed E-state index contributed by atoms with van der Waals surface area (Å²) < 4.78 is 0. The van der Waals surface area contributed by atoms with E-state index in [2.05, 4.69) is 4.98 Å². The number of amides is 1. The maximum Gasteiger partial charge on any atom is 0.255 e. The molecule has 1 aliphatic carbocycles. The number of fused-ring (bicyclic) bond motifs is 2. The Morgan fingerprint density at radius 3 is 2.88 bits per heavy atom. The molecule has 2 fully saturated rings. The molecule has 3 rings (SSSR count). The Bertz CT molecular complexity index is 418. The van der Waals surface area contributed by atoms with Crippen LogP contribution in [-0.2, 0) is 0 Å². The van der Waals surface area contributed by atoms with Crippen LogP contribution in [0.5, 0.6) is 0 Å². The van der Waals surface area contributed by atoms with Gasteiger partial charge >= 0.3 is 0 Å². The van der Waals surface area contributed by atoms with E-state index < -0.39 is 0 Å². The highest BCUT2D eigenvalue weighted by atomic mass is 35.5. The van der Waals surface area contributed by atoms with Gasteiger partial charge in [-0.05, 0) is 37.3 Å². The van der Waals surface area contributed by atoms with Crippen molar-refractivity contribution in [3.63, 3.8) is 0 Å². The molecule has 1 saturated carbocycles. The second-order valence-corrected chi connectivity index (χ2v) is 5.05. The van der Waals surface area contributed by atoms with Crippen molar-refractivity contribution in [1.82, 2.24) is 9.88 Å². The van der Waals surface area contributed by atoms with Crippen molar-refractivity contribution >= 4 is 17.5 Å². The maximum absolute atomic E-state index is 12.2. The molecule has 2 unspecified atom stereocenters. The summed E-state index contributed by atoms with van der Waals surface area (Å²) in [4.78, 5) is 18.1. The van der Waals surface area contributed by atoms with Crippen molar-refractivity contribution in [3.05, 3.63) is 29.0 Å². The normalized spacial score (nSPS) is 27.4. The summed E-state index contributed by atoms with van der Waals surface area (Å²) in [5.74, 6) is 0.838. The third kappa shape index (κ3) is 1.59. The summed E-state index contributed by atoms with van der Waals surface area (Å²) in [7, 11) is 0. The Kier molecular flexibility index (Phi) is 2.36. The van der Waals surface area contributed by atoms with Crippen molar-refractivity contribution in [3.8, 4) is 0 Å². The zero-order valence-corrected chi connectivity index (χ0v) is 9.65. The Morgan fingerprint density at radius 2 is 2.31 bits per heavy atom. The third-order valence-corrected chi connectivity index (χ3v) is 3.87. The van der Waals surface area contributed by atoms with E-state index in [1.807, 2.05) is 4.90 Å². The van der Waals surface area contributed by atoms with Crippen LogP contribution in [0.3, 0.4) is 0 Å². The second-order valence-electron chi connectivity index (χ2n) is 4.66. The van der Waals surface area contributed by atoms with E-state index in [-0.39, 0.29) is 5.91 Å². The first-order valence-corrected chi connectivity index (χ1v) is 6.04. The van der Waals surface area contributed by atoms with Crippen LogP contribution >= 0.6 is 11.6 Å². The summed E-state index contributed by atoms with van der Waals surface area (Å²) in [6, 6.07) is 3.89. The molecular formula is C12H13ClN2O. The van der Waals surface area contributed by atoms with Crippen molar-refractivity contribution in [2.24, 2.45) is 5.92 Å². The van der Waals surface area contributed by atoms with E-state index in [1.54, 1.807) is 18.3 Å². The maximum atomic E-state index is 12.2. The number of nitrogens with zero attached hydrogens (tertiary/aromatic N) is 2. The van der Waals surface area contributed by atoms with Gasteiger partial charge in [0, 0.05) is 18.8 Å². The van der Waals surface area contributed by atoms with Crippen molar-refractivity contribution in [1.29, 1.82) is 0 Å². The topological polar surface area (TPSA) is 33.2 Å². The highest BCUT2D eigenvalue weighted by Gasteiger charge is 2.40. The molecule has 2 aliphatic rings. The fourth-order valence-electron chi connectivity index (χ4n) is 2.84. The highest BCUT2D eigenvalue weighted by Crippen LogP contribution is 2.37. The molecule has 2 heterocycles. The van der Waals surface area contributed by atoms with Gasteiger partial charge in [0.2, 0.25) is 0 Å². The molecule has 84 valence electrons. The third-order valence-electron chi connectivity index (χ3n) is 3.64. The number of carbonyl (C=O) groups excluding carboxylic acids is 1. The van der Waals surface area contributed by atoms with E-state index in [0.29, 0.717) is 16.8 Å². The summed E-state index contributed by atoms with van der Waals surface area (Å²) in [6.07, 6.45) is 5.20. The van der Waals surface area contributed by atoms with Crippen LogP contribution in [0.25, 0.3) is 0 Å². The molecule has 0 radical (unpaired) electrons. The average Bonchev–Trinajstić information content (AvgIpc) is 2.91. The van der Waals surface area contributed by atoms with E-state index in [9.17, 15) is 4.79 Å². The fraction of sp³-hybridized carbons (Fsp3) is 0.500. The van der Waals surface area contributed by atoms with Crippen LogP contribution < -0.4 is 0 Å².